The number of carbonyl (C=O) groups is 1. The Bertz CT molecular complexity index is 1370. The van der Waals surface area contributed by atoms with Gasteiger partial charge in [0.05, 0.1) is 0 Å². The van der Waals surface area contributed by atoms with Crippen molar-refractivity contribution in [1.29, 1.82) is 0 Å². The second-order valence-electron chi connectivity index (χ2n) is 7.38. The summed E-state index contributed by atoms with van der Waals surface area (Å²) in [5.74, 6) is 5.29. The predicted octanol–water partition coefficient (Wildman–Crippen LogP) is 6.95. The third-order valence-corrected chi connectivity index (χ3v) is 6.13. The van der Waals surface area contributed by atoms with Crippen molar-refractivity contribution in [2.24, 2.45) is 0 Å². The fourth-order valence-electron chi connectivity index (χ4n) is 3.60. The normalized spacial score (nSPS) is 11.1. The average Bonchev–Trinajstić information content (AvgIpc) is 3.21. The number of allylic oxidation sites excluding steroid dienone is 1. The van der Waals surface area contributed by atoms with Gasteiger partial charge in [0.15, 0.2) is 0 Å². The maximum Gasteiger partial charge on any atom is 0.329 e. The van der Waals surface area contributed by atoms with Crippen LogP contribution in [0.25, 0.3) is 26.8 Å². The molecule has 0 fully saturated rings. The van der Waals surface area contributed by atoms with Gasteiger partial charge in [-0.2, -0.15) is 0 Å². The van der Waals surface area contributed by atoms with E-state index in [1.54, 1.807) is 18.3 Å². The van der Waals surface area contributed by atoms with E-state index in [1.807, 2.05) is 24.3 Å². The molecule has 4 rings (SSSR count). The molecular formula is C28H22O3S. The standard InChI is InChI=1S/C28H22O3S/c1-3-6-22(16-28(29)30)21-10-12-23(13-11-21)31-17-20-9-14-27-25(15-20)26(18-32-27)24-8-5-4-7-19(24)2/h4-5,7-16,18H,17H2,1-2H3,(H,29,30)/b22-16+. The fourth-order valence-corrected chi connectivity index (χ4v) is 4.54. The average molecular weight is 439 g/mol. The number of aliphatic carboxylic acids is 1. The van der Waals surface area contributed by atoms with Crippen molar-refractivity contribution in [1.82, 2.24) is 0 Å². The van der Waals surface area contributed by atoms with Crippen LogP contribution in [0.5, 0.6) is 5.75 Å². The number of ether oxygens (including phenoxy) is 1. The number of hydrogen-bond acceptors (Lipinski definition) is 3. The summed E-state index contributed by atoms with van der Waals surface area (Å²) in [4.78, 5) is 11.0. The molecule has 0 spiro atoms. The van der Waals surface area contributed by atoms with Crippen molar-refractivity contribution < 1.29 is 14.6 Å². The van der Waals surface area contributed by atoms with E-state index in [9.17, 15) is 4.79 Å². The summed E-state index contributed by atoms with van der Waals surface area (Å²) in [5.41, 5.74) is 6.09. The van der Waals surface area contributed by atoms with Gasteiger partial charge in [0.2, 0.25) is 0 Å². The van der Waals surface area contributed by atoms with Crippen molar-refractivity contribution >= 4 is 33.0 Å². The molecule has 1 heterocycles. The second-order valence-corrected chi connectivity index (χ2v) is 8.29. The molecular weight excluding hydrogens is 416 g/mol. The smallest absolute Gasteiger partial charge is 0.329 e. The first kappa shape index (κ1) is 21.4. The van der Waals surface area contributed by atoms with Crippen molar-refractivity contribution in [3.63, 3.8) is 0 Å². The lowest BCUT2D eigenvalue weighted by Crippen LogP contribution is -1.96. The van der Waals surface area contributed by atoms with E-state index in [0.717, 1.165) is 23.0 Å². The van der Waals surface area contributed by atoms with E-state index in [-0.39, 0.29) is 0 Å². The number of benzene rings is 3. The highest BCUT2D eigenvalue weighted by atomic mass is 32.1. The Morgan fingerprint density at radius 2 is 1.84 bits per heavy atom. The Balaban J connectivity index is 1.53. The van der Waals surface area contributed by atoms with Gasteiger partial charge in [-0.05, 0) is 65.7 Å². The van der Waals surface area contributed by atoms with Gasteiger partial charge in [0.25, 0.3) is 0 Å². The van der Waals surface area contributed by atoms with Crippen LogP contribution < -0.4 is 4.74 Å². The lowest BCUT2D eigenvalue weighted by molar-refractivity contribution is -0.131. The van der Waals surface area contributed by atoms with Crippen LogP contribution in [-0.2, 0) is 11.4 Å². The number of hydrogen-bond donors (Lipinski definition) is 1. The molecule has 0 bridgehead atoms. The number of aryl methyl sites for hydroxylation is 1. The summed E-state index contributed by atoms with van der Waals surface area (Å²) in [6, 6.07) is 22.2. The zero-order valence-electron chi connectivity index (χ0n) is 17.9. The Morgan fingerprint density at radius 1 is 1.06 bits per heavy atom. The molecule has 0 amide bonds. The zero-order valence-corrected chi connectivity index (χ0v) is 18.7. The van der Waals surface area contributed by atoms with Crippen LogP contribution in [0.15, 0.2) is 78.2 Å². The van der Waals surface area contributed by atoms with Crippen LogP contribution in [0.1, 0.15) is 23.6 Å². The van der Waals surface area contributed by atoms with Crippen LogP contribution in [0.2, 0.25) is 0 Å². The largest absolute Gasteiger partial charge is 0.489 e. The molecule has 0 saturated carbocycles. The van der Waals surface area contributed by atoms with Crippen LogP contribution in [-0.4, -0.2) is 11.1 Å². The summed E-state index contributed by atoms with van der Waals surface area (Å²) in [7, 11) is 0. The molecule has 0 radical (unpaired) electrons. The monoisotopic (exact) mass is 438 g/mol. The summed E-state index contributed by atoms with van der Waals surface area (Å²) >= 11 is 1.75. The first-order valence-electron chi connectivity index (χ1n) is 10.2. The molecule has 1 aromatic heterocycles. The summed E-state index contributed by atoms with van der Waals surface area (Å²) in [6.45, 7) is 4.27. The molecule has 0 unspecified atom stereocenters. The molecule has 0 atom stereocenters. The van der Waals surface area contributed by atoms with Crippen molar-refractivity contribution in [3.8, 4) is 28.7 Å². The lowest BCUT2D eigenvalue weighted by Gasteiger charge is -2.09. The lowest BCUT2D eigenvalue weighted by atomic mass is 9.99. The fraction of sp³-hybridized carbons (Fsp3) is 0.107. The third-order valence-electron chi connectivity index (χ3n) is 5.17. The SMILES string of the molecule is CC#C/C(=C\C(=O)O)c1ccc(OCc2ccc3scc(-c4ccccc4C)c3c2)cc1. The number of fused-ring (bicyclic) bond motifs is 1. The highest BCUT2D eigenvalue weighted by Gasteiger charge is 2.10. The Kier molecular flexibility index (Phi) is 6.39. The quantitative estimate of drug-likeness (QED) is 0.262. The Morgan fingerprint density at radius 3 is 2.56 bits per heavy atom. The van der Waals surface area contributed by atoms with Crippen molar-refractivity contribution in [2.75, 3.05) is 0 Å². The molecule has 0 aliphatic rings. The summed E-state index contributed by atoms with van der Waals surface area (Å²) < 4.78 is 7.25. The van der Waals surface area contributed by atoms with E-state index in [1.165, 1.54) is 26.8 Å². The van der Waals surface area contributed by atoms with Gasteiger partial charge in [0, 0.05) is 27.3 Å². The maximum atomic E-state index is 11.0. The van der Waals surface area contributed by atoms with Gasteiger partial charge in [0.1, 0.15) is 12.4 Å². The number of thiophene rings is 1. The zero-order chi connectivity index (χ0) is 22.5. The molecule has 0 aliphatic carbocycles. The Hall–Kier alpha value is -3.81. The van der Waals surface area contributed by atoms with Gasteiger partial charge >= 0.3 is 5.97 Å². The molecule has 32 heavy (non-hydrogen) atoms. The first-order chi connectivity index (χ1) is 15.5. The molecule has 1 N–H and O–H groups in total. The van der Waals surface area contributed by atoms with E-state index >= 15 is 0 Å². The summed E-state index contributed by atoms with van der Waals surface area (Å²) in [6.07, 6.45) is 1.12. The topological polar surface area (TPSA) is 46.5 Å². The minimum atomic E-state index is -1.02. The molecule has 3 nitrogen and oxygen atoms in total. The van der Waals surface area contributed by atoms with E-state index < -0.39 is 5.97 Å². The van der Waals surface area contributed by atoms with Crippen LogP contribution >= 0.6 is 11.3 Å². The molecule has 158 valence electrons. The molecule has 3 aromatic carbocycles. The van der Waals surface area contributed by atoms with Gasteiger partial charge in [-0.15, -0.1) is 17.3 Å². The minimum absolute atomic E-state index is 0.449. The summed E-state index contributed by atoms with van der Waals surface area (Å²) in [5, 5.41) is 12.5. The van der Waals surface area contributed by atoms with Crippen LogP contribution in [0.3, 0.4) is 0 Å². The second kappa shape index (κ2) is 9.55. The third kappa shape index (κ3) is 4.74. The molecule has 0 aliphatic heterocycles. The van der Waals surface area contributed by atoms with Gasteiger partial charge < -0.3 is 9.84 Å². The molecule has 0 saturated heterocycles. The van der Waals surface area contributed by atoms with Gasteiger partial charge in [-0.1, -0.05) is 48.4 Å². The number of rotatable bonds is 6. The highest BCUT2D eigenvalue weighted by molar-refractivity contribution is 7.17. The predicted molar refractivity (Wildman–Crippen MR) is 132 cm³/mol. The van der Waals surface area contributed by atoms with Crippen LogP contribution in [0, 0.1) is 18.8 Å². The molecule has 4 heteroatoms. The molecule has 4 aromatic rings. The van der Waals surface area contributed by atoms with E-state index in [2.05, 4.69) is 66.6 Å². The van der Waals surface area contributed by atoms with Gasteiger partial charge in [-0.3, -0.25) is 0 Å². The Labute approximate surface area is 191 Å². The highest BCUT2D eigenvalue weighted by Crippen LogP contribution is 2.36. The van der Waals surface area contributed by atoms with Gasteiger partial charge in [-0.25, -0.2) is 4.79 Å². The van der Waals surface area contributed by atoms with Crippen molar-refractivity contribution in [2.45, 2.75) is 20.5 Å². The van der Waals surface area contributed by atoms with E-state index in [0.29, 0.717) is 12.2 Å². The van der Waals surface area contributed by atoms with E-state index in [4.69, 9.17) is 9.84 Å². The number of carboxylic acid groups (broad SMARTS) is 1. The number of carboxylic acids is 1. The first-order valence-corrected chi connectivity index (χ1v) is 11.1. The minimum Gasteiger partial charge on any atom is -0.489 e. The van der Waals surface area contributed by atoms with Crippen LogP contribution in [0.4, 0.5) is 0 Å². The van der Waals surface area contributed by atoms with Crippen molar-refractivity contribution in [3.05, 3.63) is 94.9 Å². The maximum absolute atomic E-state index is 11.0.